The highest BCUT2D eigenvalue weighted by Gasteiger charge is 2.21. The van der Waals surface area contributed by atoms with Gasteiger partial charge in [-0.25, -0.2) is 0 Å². The number of nitrogen functional groups attached to an aromatic ring is 1. The van der Waals surface area contributed by atoms with E-state index in [1.807, 2.05) is 0 Å². The molecular weight excluding hydrogens is 206 g/mol. The van der Waals surface area contributed by atoms with Gasteiger partial charge in [0, 0.05) is 6.04 Å². The predicted octanol–water partition coefficient (Wildman–Crippen LogP) is 0.760. The van der Waals surface area contributed by atoms with Gasteiger partial charge in [-0.15, -0.1) is 15.3 Å². The fraction of sp³-hybridized carbons (Fsp3) is 0.556. The molecule has 2 heterocycles. The van der Waals surface area contributed by atoms with Gasteiger partial charge in [-0.2, -0.15) is 4.98 Å². The van der Waals surface area contributed by atoms with Crippen molar-refractivity contribution >= 4 is 5.95 Å². The van der Waals surface area contributed by atoms with Crippen LogP contribution in [0.4, 0.5) is 5.95 Å². The number of anilines is 1. The van der Waals surface area contributed by atoms with E-state index < -0.39 is 0 Å². The highest BCUT2D eigenvalue weighted by molar-refractivity contribution is 5.44. The summed E-state index contributed by atoms with van der Waals surface area (Å²) < 4.78 is 2.06. The summed E-state index contributed by atoms with van der Waals surface area (Å²) in [4.78, 5) is 4.07. The molecular formula is C9H13N7. The Balaban J connectivity index is 1.98. The fourth-order valence-corrected chi connectivity index (χ4v) is 2.24. The highest BCUT2D eigenvalue weighted by atomic mass is 15.3. The number of hydrogen-bond acceptors (Lipinski definition) is 5. The van der Waals surface area contributed by atoms with Crippen molar-refractivity contribution in [3.05, 3.63) is 6.33 Å². The topological polar surface area (TPSA) is 98.3 Å². The molecule has 0 aromatic carbocycles. The van der Waals surface area contributed by atoms with E-state index in [2.05, 4.69) is 29.9 Å². The molecule has 7 heteroatoms. The Morgan fingerprint density at radius 3 is 2.88 bits per heavy atom. The quantitative estimate of drug-likeness (QED) is 0.777. The number of nitrogens with one attached hydrogen (secondary N) is 1. The third kappa shape index (κ3) is 1.44. The Bertz CT molecular complexity index is 480. The minimum Gasteiger partial charge on any atom is -0.366 e. The number of H-pyrrole nitrogens is 1. The number of aromatic amines is 1. The second-order valence-electron chi connectivity index (χ2n) is 4.04. The maximum atomic E-state index is 5.48. The Kier molecular flexibility index (Phi) is 2.09. The van der Waals surface area contributed by atoms with E-state index in [1.54, 1.807) is 6.33 Å². The van der Waals surface area contributed by atoms with Crippen LogP contribution >= 0.6 is 0 Å². The highest BCUT2D eigenvalue weighted by Crippen LogP contribution is 2.31. The van der Waals surface area contributed by atoms with Crippen LogP contribution in [-0.4, -0.2) is 29.9 Å². The first-order valence-corrected chi connectivity index (χ1v) is 5.42. The molecule has 0 aliphatic heterocycles. The van der Waals surface area contributed by atoms with E-state index >= 15 is 0 Å². The van der Waals surface area contributed by atoms with Crippen LogP contribution in [-0.2, 0) is 0 Å². The molecule has 3 N–H and O–H groups in total. The van der Waals surface area contributed by atoms with Gasteiger partial charge in [0.25, 0.3) is 0 Å². The van der Waals surface area contributed by atoms with E-state index in [9.17, 15) is 0 Å². The molecule has 2 aromatic rings. The summed E-state index contributed by atoms with van der Waals surface area (Å²) in [6, 6.07) is 0.483. The van der Waals surface area contributed by atoms with Crippen LogP contribution in [0.15, 0.2) is 6.33 Å². The Morgan fingerprint density at radius 1 is 1.38 bits per heavy atom. The van der Waals surface area contributed by atoms with E-state index in [4.69, 9.17) is 5.73 Å². The second kappa shape index (κ2) is 3.58. The zero-order chi connectivity index (χ0) is 11.0. The molecule has 0 bridgehead atoms. The monoisotopic (exact) mass is 219 g/mol. The first-order valence-electron chi connectivity index (χ1n) is 5.42. The molecule has 84 valence electrons. The van der Waals surface area contributed by atoms with Gasteiger partial charge in [0.15, 0.2) is 5.82 Å². The molecule has 1 fully saturated rings. The standard InChI is InChI=1S/C9H13N7/c10-9-12-7(13-15-9)8-14-11-5-16(8)6-3-1-2-4-6/h5-6H,1-4H2,(H3,10,12,13,15). The van der Waals surface area contributed by atoms with Gasteiger partial charge >= 0.3 is 0 Å². The molecule has 2 aromatic heterocycles. The lowest BCUT2D eigenvalue weighted by atomic mass is 10.2. The van der Waals surface area contributed by atoms with Crippen LogP contribution in [0, 0.1) is 0 Å². The Hall–Kier alpha value is -1.92. The molecule has 16 heavy (non-hydrogen) atoms. The predicted molar refractivity (Wildman–Crippen MR) is 57.3 cm³/mol. The van der Waals surface area contributed by atoms with Crippen molar-refractivity contribution in [2.45, 2.75) is 31.7 Å². The van der Waals surface area contributed by atoms with Crippen molar-refractivity contribution in [3.8, 4) is 11.6 Å². The SMILES string of the molecule is Nc1n[nH]c(-c2nncn2C2CCCC2)n1. The van der Waals surface area contributed by atoms with E-state index in [-0.39, 0.29) is 5.95 Å². The van der Waals surface area contributed by atoms with E-state index in [1.165, 1.54) is 25.7 Å². The van der Waals surface area contributed by atoms with Crippen LogP contribution in [0.1, 0.15) is 31.7 Å². The van der Waals surface area contributed by atoms with Crippen molar-refractivity contribution in [1.29, 1.82) is 0 Å². The summed E-state index contributed by atoms with van der Waals surface area (Å²) in [5.74, 6) is 1.54. The molecule has 7 nitrogen and oxygen atoms in total. The first kappa shape index (κ1) is 9.32. The van der Waals surface area contributed by atoms with Crippen LogP contribution in [0.5, 0.6) is 0 Å². The summed E-state index contributed by atoms with van der Waals surface area (Å²) >= 11 is 0. The van der Waals surface area contributed by atoms with Crippen molar-refractivity contribution in [1.82, 2.24) is 29.9 Å². The average Bonchev–Trinajstić information content (AvgIpc) is 2.96. The molecule has 1 aliphatic rings. The van der Waals surface area contributed by atoms with Gasteiger partial charge < -0.3 is 10.3 Å². The normalized spacial score (nSPS) is 17.0. The Morgan fingerprint density at radius 2 is 2.19 bits per heavy atom. The molecule has 0 amide bonds. The number of aromatic nitrogens is 6. The largest absolute Gasteiger partial charge is 0.366 e. The van der Waals surface area contributed by atoms with E-state index in [0.717, 1.165) is 5.82 Å². The van der Waals surface area contributed by atoms with Gasteiger partial charge in [-0.3, -0.25) is 5.10 Å². The van der Waals surface area contributed by atoms with Gasteiger partial charge in [-0.1, -0.05) is 12.8 Å². The molecule has 0 saturated heterocycles. The molecule has 0 spiro atoms. The maximum absolute atomic E-state index is 5.48. The fourth-order valence-electron chi connectivity index (χ4n) is 2.24. The van der Waals surface area contributed by atoms with Gasteiger partial charge in [0.05, 0.1) is 0 Å². The minimum absolute atomic E-state index is 0.232. The first-order chi connectivity index (χ1) is 7.84. The zero-order valence-corrected chi connectivity index (χ0v) is 8.80. The third-order valence-electron chi connectivity index (χ3n) is 3.01. The summed E-state index contributed by atoms with van der Waals surface area (Å²) in [5.41, 5.74) is 5.48. The average molecular weight is 219 g/mol. The zero-order valence-electron chi connectivity index (χ0n) is 8.80. The molecule has 3 rings (SSSR count). The summed E-state index contributed by atoms with van der Waals surface area (Å²) in [6.45, 7) is 0. The van der Waals surface area contributed by atoms with Crippen molar-refractivity contribution in [2.24, 2.45) is 0 Å². The Labute approximate surface area is 92.1 Å². The van der Waals surface area contributed by atoms with Gasteiger partial charge in [0.2, 0.25) is 11.8 Å². The molecule has 0 unspecified atom stereocenters. The van der Waals surface area contributed by atoms with Crippen LogP contribution in [0.2, 0.25) is 0 Å². The minimum atomic E-state index is 0.232. The van der Waals surface area contributed by atoms with Crippen molar-refractivity contribution in [3.63, 3.8) is 0 Å². The number of nitrogens with zero attached hydrogens (tertiary/aromatic N) is 5. The lowest BCUT2D eigenvalue weighted by molar-refractivity contribution is 0.520. The lowest BCUT2D eigenvalue weighted by Gasteiger charge is -2.11. The second-order valence-corrected chi connectivity index (χ2v) is 4.04. The lowest BCUT2D eigenvalue weighted by Crippen LogP contribution is -2.06. The smallest absolute Gasteiger partial charge is 0.239 e. The van der Waals surface area contributed by atoms with Crippen LogP contribution in [0.25, 0.3) is 11.6 Å². The van der Waals surface area contributed by atoms with Gasteiger partial charge in [-0.05, 0) is 12.8 Å². The maximum Gasteiger partial charge on any atom is 0.239 e. The van der Waals surface area contributed by atoms with E-state index in [0.29, 0.717) is 11.9 Å². The van der Waals surface area contributed by atoms with Crippen LogP contribution in [0.3, 0.4) is 0 Å². The summed E-state index contributed by atoms with van der Waals surface area (Å²) in [6.07, 6.45) is 6.63. The molecule has 1 saturated carbocycles. The van der Waals surface area contributed by atoms with Crippen LogP contribution < -0.4 is 5.73 Å². The molecule has 0 atom stereocenters. The van der Waals surface area contributed by atoms with Crippen molar-refractivity contribution < 1.29 is 0 Å². The summed E-state index contributed by atoms with van der Waals surface area (Å²) in [7, 11) is 0. The van der Waals surface area contributed by atoms with Crippen molar-refractivity contribution in [2.75, 3.05) is 5.73 Å². The number of hydrogen-bond donors (Lipinski definition) is 2. The summed E-state index contributed by atoms with van der Waals surface area (Å²) in [5, 5.41) is 14.6. The molecule has 0 radical (unpaired) electrons. The molecule has 1 aliphatic carbocycles. The number of rotatable bonds is 2. The van der Waals surface area contributed by atoms with Gasteiger partial charge in [0.1, 0.15) is 6.33 Å². The number of nitrogens with two attached hydrogens (primary N) is 1. The third-order valence-corrected chi connectivity index (χ3v) is 3.01.